The van der Waals surface area contributed by atoms with Crippen molar-refractivity contribution in [2.24, 2.45) is 5.73 Å². The highest BCUT2D eigenvalue weighted by Crippen LogP contribution is 2.18. The molecule has 0 radical (unpaired) electrons. The molecule has 0 saturated heterocycles. The van der Waals surface area contributed by atoms with E-state index in [4.69, 9.17) is 10.8 Å². The lowest BCUT2D eigenvalue weighted by Gasteiger charge is -2.11. The molecule has 15 heavy (non-hydrogen) atoms. The second-order valence-electron chi connectivity index (χ2n) is 3.60. The van der Waals surface area contributed by atoms with Crippen LogP contribution in [0.25, 0.3) is 0 Å². The molecule has 0 aliphatic carbocycles. The van der Waals surface area contributed by atoms with Crippen molar-refractivity contribution in [3.8, 4) is 0 Å². The van der Waals surface area contributed by atoms with Gasteiger partial charge in [-0.15, -0.1) is 0 Å². The number of nitrogens with two attached hydrogens (primary N) is 1. The highest BCUT2D eigenvalue weighted by Gasteiger charge is 2.09. The lowest BCUT2D eigenvalue weighted by atomic mass is 10.0. The predicted octanol–water partition coefficient (Wildman–Crippen LogP) is 2.00. The number of carbonyl (C=O) groups is 1. The molecule has 4 heteroatoms. The number of carboxylic acids is 1. The van der Waals surface area contributed by atoms with Crippen molar-refractivity contribution in [1.82, 2.24) is 0 Å². The van der Waals surface area contributed by atoms with Crippen molar-refractivity contribution in [1.29, 1.82) is 0 Å². The lowest BCUT2D eigenvalue weighted by Crippen LogP contribution is -2.12. The molecule has 0 saturated carbocycles. The topological polar surface area (TPSA) is 63.3 Å². The highest BCUT2D eigenvalue weighted by molar-refractivity contribution is 5.66. The van der Waals surface area contributed by atoms with E-state index >= 15 is 0 Å². The number of carboxylic acid groups (broad SMARTS) is 1. The monoisotopic (exact) mass is 211 g/mol. The molecule has 0 aliphatic rings. The van der Waals surface area contributed by atoms with Gasteiger partial charge in [-0.3, -0.25) is 4.79 Å². The molecule has 1 rings (SSSR count). The average Bonchev–Trinajstić information content (AvgIpc) is 2.12. The summed E-state index contributed by atoms with van der Waals surface area (Å²) in [7, 11) is 0. The predicted molar refractivity (Wildman–Crippen MR) is 54.9 cm³/mol. The molecule has 0 heterocycles. The lowest BCUT2D eigenvalue weighted by molar-refractivity contribution is -0.137. The van der Waals surface area contributed by atoms with E-state index in [0.29, 0.717) is 12.0 Å². The molecule has 82 valence electrons. The summed E-state index contributed by atoms with van der Waals surface area (Å²) in [6, 6.07) is 4.11. The molecule has 1 aromatic rings. The van der Waals surface area contributed by atoms with E-state index in [1.54, 1.807) is 13.0 Å². The van der Waals surface area contributed by atoms with Gasteiger partial charge in [0.1, 0.15) is 5.82 Å². The summed E-state index contributed by atoms with van der Waals surface area (Å²) >= 11 is 0. The summed E-state index contributed by atoms with van der Waals surface area (Å²) in [4.78, 5) is 10.3. The summed E-state index contributed by atoms with van der Waals surface area (Å²) in [5, 5.41) is 8.49. The normalized spacial score (nSPS) is 12.5. The van der Waals surface area contributed by atoms with Crippen molar-refractivity contribution in [3.63, 3.8) is 0 Å². The van der Waals surface area contributed by atoms with Gasteiger partial charge in [-0.05, 0) is 36.6 Å². The van der Waals surface area contributed by atoms with Crippen molar-refractivity contribution >= 4 is 5.97 Å². The number of hydrogen-bond acceptors (Lipinski definition) is 2. The summed E-state index contributed by atoms with van der Waals surface area (Å²) < 4.78 is 13.0. The van der Waals surface area contributed by atoms with E-state index in [1.165, 1.54) is 12.1 Å². The third-order valence-corrected chi connectivity index (χ3v) is 2.16. The molecule has 0 fully saturated rings. The molecule has 1 unspecified atom stereocenters. The summed E-state index contributed by atoms with van der Waals surface area (Å²) in [5.41, 5.74) is 7.19. The Morgan fingerprint density at radius 3 is 2.73 bits per heavy atom. The van der Waals surface area contributed by atoms with Crippen molar-refractivity contribution < 1.29 is 14.3 Å². The Kier molecular flexibility index (Phi) is 3.80. The second-order valence-corrected chi connectivity index (χ2v) is 3.60. The first-order valence-corrected chi connectivity index (χ1v) is 4.73. The number of rotatable bonds is 4. The number of halogens is 1. The molecular weight excluding hydrogens is 197 g/mol. The third kappa shape index (κ3) is 3.67. The van der Waals surface area contributed by atoms with E-state index in [2.05, 4.69) is 0 Å². The smallest absolute Gasteiger partial charge is 0.303 e. The van der Waals surface area contributed by atoms with Crippen LogP contribution in [-0.4, -0.2) is 11.1 Å². The first-order chi connectivity index (χ1) is 6.99. The minimum Gasteiger partial charge on any atom is -0.481 e. The van der Waals surface area contributed by atoms with Crippen LogP contribution in [0.15, 0.2) is 18.2 Å². The number of hydrogen-bond donors (Lipinski definition) is 2. The number of aryl methyl sites for hydroxylation is 1. The largest absolute Gasteiger partial charge is 0.481 e. The highest BCUT2D eigenvalue weighted by atomic mass is 19.1. The van der Waals surface area contributed by atoms with Gasteiger partial charge in [0.15, 0.2) is 0 Å². The third-order valence-electron chi connectivity index (χ3n) is 2.16. The Bertz CT molecular complexity index is 345. The van der Waals surface area contributed by atoms with Crippen LogP contribution in [0.2, 0.25) is 0 Å². The van der Waals surface area contributed by atoms with Crippen LogP contribution < -0.4 is 5.73 Å². The zero-order chi connectivity index (χ0) is 11.4. The van der Waals surface area contributed by atoms with Crippen LogP contribution in [0.3, 0.4) is 0 Å². The summed E-state index contributed by atoms with van der Waals surface area (Å²) in [6.45, 7) is 1.77. The maximum Gasteiger partial charge on any atom is 0.303 e. The van der Waals surface area contributed by atoms with Crippen LogP contribution in [0.4, 0.5) is 4.39 Å². The number of aliphatic carboxylic acids is 1. The van der Waals surface area contributed by atoms with Crippen LogP contribution >= 0.6 is 0 Å². The minimum absolute atomic E-state index is 0.00325. The molecule has 0 spiro atoms. The fourth-order valence-electron chi connectivity index (χ4n) is 1.42. The molecule has 0 bridgehead atoms. The minimum atomic E-state index is -0.890. The maximum atomic E-state index is 13.0. The van der Waals surface area contributed by atoms with Gasteiger partial charge in [0.2, 0.25) is 0 Å². The van der Waals surface area contributed by atoms with Crippen molar-refractivity contribution in [2.75, 3.05) is 0 Å². The SMILES string of the molecule is Cc1cc(F)cc(C(N)CCC(=O)O)c1. The van der Waals surface area contributed by atoms with Gasteiger partial charge in [0.25, 0.3) is 0 Å². The van der Waals surface area contributed by atoms with Gasteiger partial charge in [-0.1, -0.05) is 6.07 Å². The summed E-state index contributed by atoms with van der Waals surface area (Å²) in [5.74, 6) is -1.23. The van der Waals surface area contributed by atoms with Crippen LogP contribution in [0.5, 0.6) is 0 Å². The standard InChI is InChI=1S/C11H14FNO2/c1-7-4-8(6-9(12)5-7)10(13)2-3-11(14)15/h4-6,10H,2-3,13H2,1H3,(H,14,15). The van der Waals surface area contributed by atoms with Gasteiger partial charge >= 0.3 is 5.97 Å². The van der Waals surface area contributed by atoms with Gasteiger partial charge in [0, 0.05) is 12.5 Å². The van der Waals surface area contributed by atoms with Gasteiger partial charge in [-0.2, -0.15) is 0 Å². The molecule has 0 aliphatic heterocycles. The second kappa shape index (κ2) is 4.89. The number of benzene rings is 1. The van der Waals surface area contributed by atoms with Crippen molar-refractivity contribution in [3.05, 3.63) is 35.1 Å². The van der Waals surface area contributed by atoms with E-state index in [9.17, 15) is 9.18 Å². The Morgan fingerprint density at radius 2 is 2.20 bits per heavy atom. The zero-order valence-electron chi connectivity index (χ0n) is 8.53. The first-order valence-electron chi connectivity index (χ1n) is 4.73. The van der Waals surface area contributed by atoms with Gasteiger partial charge in [0.05, 0.1) is 0 Å². The molecule has 0 amide bonds. The molecule has 3 nitrogen and oxygen atoms in total. The zero-order valence-corrected chi connectivity index (χ0v) is 8.53. The Balaban J connectivity index is 2.72. The van der Waals surface area contributed by atoms with Crippen LogP contribution in [-0.2, 0) is 4.79 Å². The van der Waals surface area contributed by atoms with Gasteiger partial charge < -0.3 is 10.8 Å². The van der Waals surface area contributed by atoms with E-state index in [1.807, 2.05) is 0 Å². The molecule has 1 atom stereocenters. The fraction of sp³-hybridized carbons (Fsp3) is 0.364. The molecule has 0 aromatic heterocycles. The van der Waals surface area contributed by atoms with Crippen LogP contribution in [0.1, 0.15) is 30.0 Å². The Hall–Kier alpha value is -1.42. The average molecular weight is 211 g/mol. The fourth-order valence-corrected chi connectivity index (χ4v) is 1.42. The molecule has 3 N–H and O–H groups in total. The van der Waals surface area contributed by atoms with E-state index in [-0.39, 0.29) is 12.2 Å². The molecule has 1 aromatic carbocycles. The maximum absolute atomic E-state index is 13.0. The van der Waals surface area contributed by atoms with Crippen molar-refractivity contribution in [2.45, 2.75) is 25.8 Å². The quantitative estimate of drug-likeness (QED) is 0.800. The van der Waals surface area contributed by atoms with Crippen LogP contribution in [0, 0.1) is 12.7 Å². The van der Waals surface area contributed by atoms with E-state index < -0.39 is 12.0 Å². The Labute approximate surface area is 87.7 Å². The van der Waals surface area contributed by atoms with Gasteiger partial charge in [-0.25, -0.2) is 4.39 Å². The first kappa shape index (κ1) is 11.7. The molecular formula is C11H14FNO2. The Morgan fingerprint density at radius 1 is 1.53 bits per heavy atom. The summed E-state index contributed by atoms with van der Waals surface area (Å²) in [6.07, 6.45) is 0.314. The van der Waals surface area contributed by atoms with E-state index in [0.717, 1.165) is 5.56 Å².